The molecule has 0 radical (unpaired) electrons. The molecule has 0 bridgehead atoms. The third-order valence-electron chi connectivity index (χ3n) is 2.60. The van der Waals surface area contributed by atoms with E-state index in [2.05, 4.69) is 10.0 Å². The predicted octanol–water partition coefficient (Wildman–Crippen LogP) is 2.32. The van der Waals surface area contributed by atoms with E-state index in [1.54, 1.807) is 6.07 Å². The number of thiophene rings is 1. The Morgan fingerprint density at radius 1 is 1.25 bits per heavy atom. The Kier molecular flexibility index (Phi) is 4.98. The Labute approximate surface area is 123 Å². The van der Waals surface area contributed by atoms with Gasteiger partial charge in [0.15, 0.2) is 0 Å². The first kappa shape index (κ1) is 15.2. The molecule has 0 saturated heterocycles. The van der Waals surface area contributed by atoms with Crippen molar-refractivity contribution in [3.05, 3.63) is 40.3 Å². The van der Waals surface area contributed by atoms with Crippen molar-refractivity contribution in [1.82, 2.24) is 10.0 Å². The van der Waals surface area contributed by atoms with Crippen LogP contribution in [0.25, 0.3) is 0 Å². The molecule has 2 aromatic heterocycles. The lowest BCUT2D eigenvalue weighted by Gasteiger charge is -2.05. The zero-order chi connectivity index (χ0) is 14.6. The minimum Gasteiger partial charge on any atom is -0.447 e. The normalized spacial score (nSPS) is 12.2. The average Bonchev–Trinajstić information content (AvgIpc) is 3.05. The SMILES string of the molecule is CC(C)NCc1ccc(S(=O)(=O)NCc2cccs2)o1. The molecule has 2 rings (SSSR count). The first-order valence-electron chi connectivity index (χ1n) is 6.31. The molecule has 0 saturated carbocycles. The molecule has 5 nitrogen and oxygen atoms in total. The molecule has 0 amide bonds. The minimum atomic E-state index is -3.59. The summed E-state index contributed by atoms with van der Waals surface area (Å²) in [6, 6.07) is 7.24. The van der Waals surface area contributed by atoms with Gasteiger partial charge in [-0.2, -0.15) is 0 Å². The van der Waals surface area contributed by atoms with Crippen molar-refractivity contribution in [1.29, 1.82) is 0 Å². The summed E-state index contributed by atoms with van der Waals surface area (Å²) in [6.07, 6.45) is 0. The van der Waals surface area contributed by atoms with E-state index in [1.807, 2.05) is 31.4 Å². The van der Waals surface area contributed by atoms with Crippen molar-refractivity contribution < 1.29 is 12.8 Å². The Morgan fingerprint density at radius 3 is 2.70 bits per heavy atom. The summed E-state index contributed by atoms with van der Waals surface area (Å²) in [5.74, 6) is 0.607. The van der Waals surface area contributed by atoms with E-state index in [-0.39, 0.29) is 11.6 Å². The lowest BCUT2D eigenvalue weighted by Crippen LogP contribution is -2.22. The van der Waals surface area contributed by atoms with Gasteiger partial charge in [0.05, 0.1) is 6.54 Å². The molecular weight excluding hydrogens is 296 g/mol. The van der Waals surface area contributed by atoms with Crippen LogP contribution in [0.2, 0.25) is 0 Å². The Balaban J connectivity index is 1.98. The first-order chi connectivity index (χ1) is 9.47. The van der Waals surface area contributed by atoms with Crippen LogP contribution in [0.1, 0.15) is 24.5 Å². The predicted molar refractivity (Wildman–Crippen MR) is 79.0 cm³/mol. The van der Waals surface area contributed by atoms with E-state index in [0.29, 0.717) is 18.3 Å². The number of sulfonamides is 1. The maximum atomic E-state index is 12.1. The van der Waals surface area contributed by atoms with Gasteiger partial charge in [-0.1, -0.05) is 19.9 Å². The van der Waals surface area contributed by atoms with Crippen LogP contribution in [0.4, 0.5) is 0 Å². The van der Waals surface area contributed by atoms with Crippen molar-refractivity contribution in [2.45, 2.75) is 38.1 Å². The fourth-order valence-corrected chi connectivity index (χ4v) is 3.24. The van der Waals surface area contributed by atoms with Gasteiger partial charge in [0.2, 0.25) is 5.09 Å². The molecule has 0 atom stereocenters. The molecule has 2 heterocycles. The summed E-state index contributed by atoms with van der Waals surface area (Å²) in [6.45, 7) is 4.82. The van der Waals surface area contributed by atoms with E-state index in [0.717, 1.165) is 4.88 Å². The third kappa shape index (κ3) is 4.17. The molecule has 0 spiro atoms. The Hall–Kier alpha value is -1.15. The molecular formula is C13H18N2O3S2. The summed E-state index contributed by atoms with van der Waals surface area (Å²) in [7, 11) is -3.59. The minimum absolute atomic E-state index is 0.0467. The second-order valence-corrected chi connectivity index (χ2v) is 7.39. The molecule has 0 aliphatic carbocycles. The molecule has 7 heteroatoms. The fourth-order valence-electron chi connectivity index (χ4n) is 1.55. The molecule has 20 heavy (non-hydrogen) atoms. The molecule has 0 unspecified atom stereocenters. The number of furan rings is 1. The highest BCUT2D eigenvalue weighted by Gasteiger charge is 2.18. The fraction of sp³-hybridized carbons (Fsp3) is 0.385. The number of rotatable bonds is 7. The van der Waals surface area contributed by atoms with Gasteiger partial charge in [0.25, 0.3) is 10.0 Å². The highest BCUT2D eigenvalue weighted by atomic mass is 32.2. The molecule has 2 aromatic rings. The van der Waals surface area contributed by atoms with E-state index in [1.165, 1.54) is 17.4 Å². The van der Waals surface area contributed by atoms with Crippen molar-refractivity contribution >= 4 is 21.4 Å². The van der Waals surface area contributed by atoms with Crippen molar-refractivity contribution in [2.75, 3.05) is 0 Å². The third-order valence-corrected chi connectivity index (χ3v) is 4.75. The Morgan fingerprint density at radius 2 is 2.05 bits per heavy atom. The second kappa shape index (κ2) is 6.53. The monoisotopic (exact) mass is 314 g/mol. The van der Waals surface area contributed by atoms with E-state index in [4.69, 9.17) is 4.42 Å². The number of hydrogen-bond acceptors (Lipinski definition) is 5. The topological polar surface area (TPSA) is 71.3 Å². The lowest BCUT2D eigenvalue weighted by molar-refractivity contribution is 0.393. The van der Waals surface area contributed by atoms with E-state index >= 15 is 0 Å². The van der Waals surface area contributed by atoms with Gasteiger partial charge in [-0.3, -0.25) is 0 Å². The van der Waals surface area contributed by atoms with Crippen LogP contribution in [0.5, 0.6) is 0 Å². The van der Waals surface area contributed by atoms with Crippen LogP contribution in [0, 0.1) is 0 Å². The van der Waals surface area contributed by atoms with Gasteiger partial charge in [-0.15, -0.1) is 11.3 Å². The lowest BCUT2D eigenvalue weighted by atomic mass is 10.3. The summed E-state index contributed by atoms with van der Waals surface area (Å²) in [4.78, 5) is 0.960. The molecule has 0 aromatic carbocycles. The van der Waals surface area contributed by atoms with Gasteiger partial charge < -0.3 is 9.73 Å². The summed E-state index contributed by atoms with van der Waals surface area (Å²) in [5.41, 5.74) is 0. The largest absolute Gasteiger partial charge is 0.447 e. The van der Waals surface area contributed by atoms with Gasteiger partial charge in [-0.25, -0.2) is 13.1 Å². The van der Waals surface area contributed by atoms with E-state index in [9.17, 15) is 8.42 Å². The molecule has 0 fully saturated rings. The standard InChI is InChI=1S/C13H18N2O3S2/c1-10(2)14-8-11-5-6-13(18-11)20(16,17)15-9-12-4-3-7-19-12/h3-7,10,14-15H,8-9H2,1-2H3. The van der Waals surface area contributed by atoms with Gasteiger partial charge >= 0.3 is 0 Å². The highest BCUT2D eigenvalue weighted by molar-refractivity contribution is 7.89. The van der Waals surface area contributed by atoms with Gasteiger partial charge in [-0.05, 0) is 23.6 Å². The molecule has 110 valence electrons. The van der Waals surface area contributed by atoms with Gasteiger partial charge in [0.1, 0.15) is 5.76 Å². The highest BCUT2D eigenvalue weighted by Crippen LogP contribution is 2.15. The molecule has 2 N–H and O–H groups in total. The first-order valence-corrected chi connectivity index (χ1v) is 8.68. The molecule has 0 aliphatic heterocycles. The quantitative estimate of drug-likeness (QED) is 0.823. The van der Waals surface area contributed by atoms with Crippen LogP contribution in [-0.2, 0) is 23.1 Å². The van der Waals surface area contributed by atoms with Crippen LogP contribution in [-0.4, -0.2) is 14.5 Å². The Bertz CT molecular complexity index is 630. The number of nitrogens with one attached hydrogen (secondary N) is 2. The summed E-state index contributed by atoms with van der Waals surface area (Å²) in [5, 5.41) is 5.04. The van der Waals surface area contributed by atoms with Gasteiger partial charge in [0, 0.05) is 17.5 Å². The zero-order valence-corrected chi connectivity index (χ0v) is 13.1. The summed E-state index contributed by atoms with van der Waals surface area (Å²) < 4.78 is 32.0. The van der Waals surface area contributed by atoms with Crippen LogP contribution in [0.15, 0.2) is 39.2 Å². The second-order valence-electron chi connectivity index (χ2n) is 4.66. The number of hydrogen-bond donors (Lipinski definition) is 2. The van der Waals surface area contributed by atoms with E-state index < -0.39 is 10.0 Å². The zero-order valence-electron chi connectivity index (χ0n) is 11.4. The smallest absolute Gasteiger partial charge is 0.274 e. The van der Waals surface area contributed by atoms with Crippen molar-refractivity contribution in [3.8, 4) is 0 Å². The van der Waals surface area contributed by atoms with Crippen LogP contribution in [0.3, 0.4) is 0 Å². The van der Waals surface area contributed by atoms with Crippen LogP contribution >= 0.6 is 11.3 Å². The summed E-state index contributed by atoms with van der Waals surface area (Å²) >= 11 is 1.51. The van der Waals surface area contributed by atoms with Crippen LogP contribution < -0.4 is 10.0 Å². The van der Waals surface area contributed by atoms with Crippen molar-refractivity contribution in [3.63, 3.8) is 0 Å². The maximum Gasteiger partial charge on any atom is 0.274 e. The maximum absolute atomic E-state index is 12.1. The average molecular weight is 314 g/mol. The van der Waals surface area contributed by atoms with Crippen molar-refractivity contribution in [2.24, 2.45) is 0 Å². The molecule has 0 aliphatic rings.